The van der Waals surface area contributed by atoms with Crippen LogP contribution in [0.5, 0.6) is 0 Å². The minimum Gasteiger partial charge on any atom is -0.398 e. The van der Waals surface area contributed by atoms with Crippen molar-refractivity contribution in [3.05, 3.63) is 29.3 Å². The summed E-state index contributed by atoms with van der Waals surface area (Å²) in [4.78, 5) is 14.4. The van der Waals surface area contributed by atoms with Gasteiger partial charge in [-0.1, -0.05) is 26.0 Å². The van der Waals surface area contributed by atoms with E-state index in [0.717, 1.165) is 29.9 Å². The molecule has 1 aliphatic heterocycles. The van der Waals surface area contributed by atoms with Crippen molar-refractivity contribution in [2.45, 2.75) is 33.6 Å². The van der Waals surface area contributed by atoms with E-state index in [1.807, 2.05) is 30.0 Å². The first-order valence-electron chi connectivity index (χ1n) is 7.08. The van der Waals surface area contributed by atoms with E-state index in [1.54, 1.807) is 0 Å². The van der Waals surface area contributed by atoms with E-state index >= 15 is 0 Å². The molecule has 3 nitrogen and oxygen atoms in total. The van der Waals surface area contributed by atoms with E-state index in [-0.39, 0.29) is 5.91 Å². The maximum absolute atomic E-state index is 12.4. The predicted molar refractivity (Wildman–Crippen MR) is 78.8 cm³/mol. The molecule has 1 heterocycles. The highest BCUT2D eigenvalue weighted by Gasteiger charge is 2.25. The second-order valence-corrected chi connectivity index (χ2v) is 6.12. The van der Waals surface area contributed by atoms with Gasteiger partial charge in [0, 0.05) is 18.8 Å². The van der Waals surface area contributed by atoms with Crippen molar-refractivity contribution in [1.82, 2.24) is 4.90 Å². The minimum atomic E-state index is 0.203. The van der Waals surface area contributed by atoms with Crippen LogP contribution in [0.25, 0.3) is 0 Å². The number of aryl methyl sites for hydroxylation is 1. The van der Waals surface area contributed by atoms with Crippen LogP contribution in [-0.4, -0.2) is 23.9 Å². The molecular formula is C16H24N2O. The van der Waals surface area contributed by atoms with Crippen molar-refractivity contribution in [1.29, 1.82) is 0 Å². The molecule has 2 rings (SSSR count). The minimum absolute atomic E-state index is 0.203. The second kappa shape index (κ2) is 5.64. The lowest BCUT2D eigenvalue weighted by Gasteiger charge is -2.35. The Kier molecular flexibility index (Phi) is 4.13. The van der Waals surface area contributed by atoms with Gasteiger partial charge < -0.3 is 10.6 Å². The molecule has 2 atom stereocenters. The Morgan fingerprint density at radius 3 is 2.53 bits per heavy atom. The summed E-state index contributed by atoms with van der Waals surface area (Å²) in [5.74, 6) is 1.40. The molecular weight excluding hydrogens is 236 g/mol. The standard InChI is InChI=1S/C16H24N2O/c1-11-4-5-14(15(17)7-11)8-16(19)18-9-12(2)6-13(3)10-18/h4-5,7,12-13H,6,8-10,17H2,1-3H3/t12-,13-/m0/s1. The summed E-state index contributed by atoms with van der Waals surface area (Å²) in [7, 11) is 0. The maximum Gasteiger partial charge on any atom is 0.227 e. The maximum atomic E-state index is 12.4. The number of nitrogens with two attached hydrogens (primary N) is 1. The molecule has 2 N–H and O–H groups in total. The molecule has 0 aliphatic carbocycles. The van der Waals surface area contributed by atoms with Crippen LogP contribution in [0.2, 0.25) is 0 Å². The van der Waals surface area contributed by atoms with Crippen LogP contribution in [-0.2, 0) is 11.2 Å². The van der Waals surface area contributed by atoms with E-state index < -0.39 is 0 Å². The first-order valence-corrected chi connectivity index (χ1v) is 7.08. The summed E-state index contributed by atoms with van der Waals surface area (Å²) in [5, 5.41) is 0. The molecule has 1 aliphatic rings. The average Bonchev–Trinajstić information content (AvgIpc) is 2.31. The summed E-state index contributed by atoms with van der Waals surface area (Å²) in [6.07, 6.45) is 1.64. The Morgan fingerprint density at radius 1 is 1.32 bits per heavy atom. The van der Waals surface area contributed by atoms with Crippen molar-refractivity contribution >= 4 is 11.6 Å². The number of rotatable bonds is 2. The molecule has 1 aromatic rings. The number of amides is 1. The van der Waals surface area contributed by atoms with Gasteiger partial charge in [-0.05, 0) is 42.4 Å². The lowest BCUT2D eigenvalue weighted by atomic mass is 9.91. The number of hydrogen-bond acceptors (Lipinski definition) is 2. The molecule has 1 saturated heterocycles. The van der Waals surface area contributed by atoms with Crippen molar-refractivity contribution in [2.24, 2.45) is 11.8 Å². The van der Waals surface area contributed by atoms with Gasteiger partial charge in [0.25, 0.3) is 0 Å². The van der Waals surface area contributed by atoms with Crippen LogP contribution < -0.4 is 5.73 Å². The molecule has 0 spiro atoms. The van der Waals surface area contributed by atoms with Crippen LogP contribution in [0.1, 0.15) is 31.4 Å². The normalized spacial score (nSPS) is 23.4. The van der Waals surface area contributed by atoms with Crippen LogP contribution in [0, 0.1) is 18.8 Å². The molecule has 0 aromatic heterocycles. The van der Waals surface area contributed by atoms with Gasteiger partial charge in [-0.25, -0.2) is 0 Å². The average molecular weight is 260 g/mol. The first-order chi connectivity index (χ1) is 8.95. The number of likely N-dealkylation sites (tertiary alicyclic amines) is 1. The third-order valence-corrected chi connectivity index (χ3v) is 3.86. The fourth-order valence-corrected chi connectivity index (χ4v) is 3.02. The Morgan fingerprint density at radius 2 is 1.95 bits per heavy atom. The summed E-state index contributed by atoms with van der Waals surface area (Å²) in [6, 6.07) is 5.92. The number of benzene rings is 1. The van der Waals surface area contributed by atoms with Gasteiger partial charge in [0.2, 0.25) is 5.91 Å². The summed E-state index contributed by atoms with van der Waals surface area (Å²) >= 11 is 0. The van der Waals surface area contributed by atoms with Gasteiger partial charge in [0.1, 0.15) is 0 Å². The highest BCUT2D eigenvalue weighted by Crippen LogP contribution is 2.22. The summed E-state index contributed by atoms with van der Waals surface area (Å²) < 4.78 is 0. The SMILES string of the molecule is Cc1ccc(CC(=O)N2C[C@@H](C)C[C@H](C)C2)c(N)c1. The summed E-state index contributed by atoms with van der Waals surface area (Å²) in [6.45, 7) is 8.21. The molecule has 0 radical (unpaired) electrons. The Labute approximate surface area is 115 Å². The smallest absolute Gasteiger partial charge is 0.227 e. The van der Waals surface area contributed by atoms with E-state index in [9.17, 15) is 4.79 Å². The molecule has 104 valence electrons. The summed E-state index contributed by atoms with van der Waals surface area (Å²) in [5.41, 5.74) is 8.79. The van der Waals surface area contributed by atoms with Crippen molar-refractivity contribution < 1.29 is 4.79 Å². The zero-order valence-electron chi connectivity index (χ0n) is 12.1. The van der Waals surface area contributed by atoms with Gasteiger partial charge in [-0.2, -0.15) is 0 Å². The Balaban J connectivity index is 2.04. The van der Waals surface area contributed by atoms with Crippen LogP contribution >= 0.6 is 0 Å². The number of carbonyl (C=O) groups is 1. The Bertz CT molecular complexity index is 460. The molecule has 1 amide bonds. The zero-order valence-corrected chi connectivity index (χ0v) is 12.1. The quantitative estimate of drug-likeness (QED) is 0.831. The zero-order chi connectivity index (χ0) is 14.0. The number of nitrogen functional groups attached to an aromatic ring is 1. The van der Waals surface area contributed by atoms with Crippen molar-refractivity contribution in [3.8, 4) is 0 Å². The van der Waals surface area contributed by atoms with E-state index in [0.29, 0.717) is 18.3 Å². The van der Waals surface area contributed by atoms with E-state index in [4.69, 9.17) is 5.73 Å². The van der Waals surface area contributed by atoms with Gasteiger partial charge in [-0.3, -0.25) is 4.79 Å². The van der Waals surface area contributed by atoms with Crippen LogP contribution in [0.4, 0.5) is 5.69 Å². The fraction of sp³-hybridized carbons (Fsp3) is 0.562. The van der Waals surface area contributed by atoms with Crippen LogP contribution in [0.15, 0.2) is 18.2 Å². The van der Waals surface area contributed by atoms with E-state index in [1.165, 1.54) is 6.42 Å². The fourth-order valence-electron chi connectivity index (χ4n) is 3.02. The van der Waals surface area contributed by atoms with Gasteiger partial charge >= 0.3 is 0 Å². The lowest BCUT2D eigenvalue weighted by Crippen LogP contribution is -2.43. The number of anilines is 1. The van der Waals surface area contributed by atoms with Crippen LogP contribution in [0.3, 0.4) is 0 Å². The van der Waals surface area contributed by atoms with E-state index in [2.05, 4.69) is 13.8 Å². The molecule has 0 bridgehead atoms. The number of nitrogens with zero attached hydrogens (tertiary/aromatic N) is 1. The third-order valence-electron chi connectivity index (χ3n) is 3.86. The topological polar surface area (TPSA) is 46.3 Å². The highest BCUT2D eigenvalue weighted by molar-refractivity contribution is 5.80. The second-order valence-electron chi connectivity index (χ2n) is 6.12. The van der Waals surface area contributed by atoms with Gasteiger partial charge in [0.05, 0.1) is 6.42 Å². The Hall–Kier alpha value is -1.51. The van der Waals surface area contributed by atoms with Crippen molar-refractivity contribution in [2.75, 3.05) is 18.8 Å². The number of carbonyl (C=O) groups excluding carboxylic acids is 1. The number of piperidine rings is 1. The molecule has 1 aromatic carbocycles. The lowest BCUT2D eigenvalue weighted by molar-refractivity contribution is -0.133. The molecule has 3 heteroatoms. The molecule has 1 fully saturated rings. The molecule has 0 saturated carbocycles. The monoisotopic (exact) mass is 260 g/mol. The van der Waals surface area contributed by atoms with Crippen molar-refractivity contribution in [3.63, 3.8) is 0 Å². The molecule has 19 heavy (non-hydrogen) atoms. The first kappa shape index (κ1) is 13.9. The third kappa shape index (κ3) is 3.49. The van der Waals surface area contributed by atoms with Gasteiger partial charge in [0.15, 0.2) is 0 Å². The van der Waals surface area contributed by atoms with Gasteiger partial charge in [-0.15, -0.1) is 0 Å². The predicted octanol–water partition coefficient (Wildman–Crippen LogP) is 2.62. The largest absolute Gasteiger partial charge is 0.398 e. The highest BCUT2D eigenvalue weighted by atomic mass is 16.2. The number of hydrogen-bond donors (Lipinski definition) is 1. The molecule has 0 unspecified atom stereocenters.